The number of phenols is 1. The van der Waals surface area contributed by atoms with Crippen molar-refractivity contribution in [3.8, 4) is 5.75 Å². The third kappa shape index (κ3) is 4.61. The van der Waals surface area contributed by atoms with Gasteiger partial charge in [-0.05, 0) is 85.0 Å². The lowest BCUT2D eigenvalue weighted by molar-refractivity contribution is 0.352. The highest BCUT2D eigenvalue weighted by atomic mass is 35.5. The van der Waals surface area contributed by atoms with Gasteiger partial charge in [0.1, 0.15) is 16.5 Å². The number of likely N-dealkylation sites (N-methyl/N-ethyl adjacent to an activating group) is 1. The summed E-state index contributed by atoms with van der Waals surface area (Å²) in [7, 11) is -1.84. The lowest BCUT2D eigenvalue weighted by atomic mass is 10.0. The molecule has 162 valence electrons. The Bertz CT molecular complexity index is 1230. The summed E-state index contributed by atoms with van der Waals surface area (Å²) in [6.45, 7) is 1.72. The van der Waals surface area contributed by atoms with Crippen LogP contribution in [0.2, 0.25) is 5.02 Å². The van der Waals surface area contributed by atoms with Crippen LogP contribution in [0.4, 0.5) is 4.39 Å². The Morgan fingerprint density at radius 2 is 1.65 bits per heavy atom. The molecule has 0 unspecified atom stereocenters. The van der Waals surface area contributed by atoms with Gasteiger partial charge in [-0.25, -0.2) is 12.8 Å². The molecule has 0 atom stereocenters. The molecule has 0 saturated carbocycles. The quantitative estimate of drug-likeness (QED) is 0.617. The SMILES string of the molecule is CN1CCc2cc(O)c(S(=O)(=O)c3ccc(Cc4ccc(F)cc4Cl)cc3)cc2CC1. The molecule has 0 aliphatic carbocycles. The fourth-order valence-electron chi connectivity index (χ4n) is 3.87. The molecule has 0 radical (unpaired) electrons. The Morgan fingerprint density at radius 3 is 2.29 bits per heavy atom. The molecule has 0 saturated heterocycles. The Hall–Kier alpha value is -2.41. The Kier molecular flexibility index (Phi) is 6.06. The molecule has 1 N–H and O–H groups in total. The molecule has 0 aromatic heterocycles. The molecule has 1 heterocycles. The molecule has 0 bridgehead atoms. The average molecular weight is 460 g/mol. The van der Waals surface area contributed by atoms with Gasteiger partial charge in [-0.3, -0.25) is 0 Å². The second-order valence-electron chi connectivity index (χ2n) is 7.95. The molecule has 31 heavy (non-hydrogen) atoms. The lowest BCUT2D eigenvalue weighted by Crippen LogP contribution is -2.20. The van der Waals surface area contributed by atoms with Crippen LogP contribution in [0.1, 0.15) is 22.3 Å². The number of halogens is 2. The van der Waals surface area contributed by atoms with E-state index in [-0.39, 0.29) is 15.5 Å². The number of fused-ring (bicyclic) bond motifs is 1. The van der Waals surface area contributed by atoms with Gasteiger partial charge in [0.2, 0.25) is 9.84 Å². The number of benzene rings is 3. The van der Waals surface area contributed by atoms with E-state index >= 15 is 0 Å². The first-order valence-electron chi connectivity index (χ1n) is 10.1. The molecular formula is C24H23ClFNO3S. The van der Waals surface area contributed by atoms with E-state index in [1.807, 2.05) is 7.05 Å². The van der Waals surface area contributed by atoms with Crippen LogP contribution in [-0.2, 0) is 29.1 Å². The standard InChI is InChI=1S/C24H23ClFNO3S/c1-27-10-8-17-13-23(28)24(14-18(17)9-11-27)31(29,30)21-6-2-16(3-7-21)12-19-4-5-20(26)15-22(19)25/h2-7,13-15,28H,8-12H2,1H3. The van der Waals surface area contributed by atoms with E-state index in [0.717, 1.165) is 48.2 Å². The van der Waals surface area contributed by atoms with Gasteiger partial charge in [-0.1, -0.05) is 29.8 Å². The van der Waals surface area contributed by atoms with E-state index < -0.39 is 15.7 Å². The molecule has 3 aromatic carbocycles. The summed E-state index contributed by atoms with van der Waals surface area (Å²) in [6, 6.07) is 13.9. The first-order chi connectivity index (χ1) is 14.7. The van der Waals surface area contributed by atoms with Crippen LogP contribution in [0, 0.1) is 5.82 Å². The zero-order valence-corrected chi connectivity index (χ0v) is 18.7. The molecule has 4 rings (SSSR count). The number of rotatable bonds is 4. The lowest BCUT2D eigenvalue weighted by Gasteiger charge is -2.12. The van der Waals surface area contributed by atoms with Gasteiger partial charge in [0.15, 0.2) is 0 Å². The van der Waals surface area contributed by atoms with Crippen LogP contribution < -0.4 is 0 Å². The zero-order chi connectivity index (χ0) is 22.2. The number of hydrogen-bond donors (Lipinski definition) is 1. The molecule has 0 amide bonds. The normalized spacial score (nSPS) is 14.8. The van der Waals surface area contributed by atoms with Gasteiger partial charge in [-0.15, -0.1) is 0 Å². The van der Waals surface area contributed by atoms with Crippen molar-refractivity contribution < 1.29 is 17.9 Å². The van der Waals surface area contributed by atoms with Gasteiger partial charge in [0, 0.05) is 18.1 Å². The first kappa shape index (κ1) is 21.8. The van der Waals surface area contributed by atoms with E-state index in [0.29, 0.717) is 11.4 Å². The number of aromatic hydroxyl groups is 1. The summed E-state index contributed by atoms with van der Waals surface area (Å²) in [5.41, 5.74) is 3.56. The number of sulfone groups is 1. The maximum absolute atomic E-state index is 13.2. The van der Waals surface area contributed by atoms with Crippen molar-refractivity contribution in [3.05, 3.63) is 87.7 Å². The molecule has 7 heteroatoms. The summed E-state index contributed by atoms with van der Waals surface area (Å²) in [5, 5.41) is 10.8. The second-order valence-corrected chi connectivity index (χ2v) is 10.3. The summed E-state index contributed by atoms with van der Waals surface area (Å²) in [5.74, 6) is -0.618. The number of hydrogen-bond acceptors (Lipinski definition) is 4. The van der Waals surface area contributed by atoms with Crippen molar-refractivity contribution in [1.82, 2.24) is 4.90 Å². The van der Waals surface area contributed by atoms with E-state index in [1.165, 1.54) is 24.3 Å². The van der Waals surface area contributed by atoms with Gasteiger partial charge < -0.3 is 10.0 Å². The van der Waals surface area contributed by atoms with E-state index in [9.17, 15) is 17.9 Å². The van der Waals surface area contributed by atoms with Gasteiger partial charge in [0.25, 0.3) is 0 Å². The minimum atomic E-state index is -3.87. The minimum absolute atomic E-state index is 0.0647. The number of phenolic OH excluding ortho intramolecular Hbond substituents is 1. The molecular weight excluding hydrogens is 437 g/mol. The van der Waals surface area contributed by atoms with Crippen LogP contribution in [-0.4, -0.2) is 38.6 Å². The maximum Gasteiger partial charge on any atom is 0.210 e. The highest BCUT2D eigenvalue weighted by molar-refractivity contribution is 7.91. The van der Waals surface area contributed by atoms with Gasteiger partial charge in [-0.2, -0.15) is 0 Å². The highest BCUT2D eigenvalue weighted by Crippen LogP contribution is 2.33. The third-order valence-electron chi connectivity index (χ3n) is 5.74. The smallest absolute Gasteiger partial charge is 0.210 e. The second kappa shape index (κ2) is 8.61. The predicted octanol–water partition coefficient (Wildman–Crippen LogP) is 4.64. The summed E-state index contributed by atoms with van der Waals surface area (Å²) in [6.07, 6.45) is 1.98. The molecule has 0 spiro atoms. The predicted molar refractivity (Wildman–Crippen MR) is 119 cm³/mol. The molecule has 1 aliphatic heterocycles. The molecule has 4 nitrogen and oxygen atoms in total. The molecule has 0 fully saturated rings. The van der Waals surface area contributed by atoms with Crippen LogP contribution >= 0.6 is 11.6 Å². The zero-order valence-electron chi connectivity index (χ0n) is 17.1. The maximum atomic E-state index is 13.2. The largest absolute Gasteiger partial charge is 0.507 e. The van der Waals surface area contributed by atoms with Gasteiger partial charge >= 0.3 is 0 Å². The monoisotopic (exact) mass is 459 g/mol. The van der Waals surface area contributed by atoms with Gasteiger partial charge in [0.05, 0.1) is 4.90 Å². The summed E-state index contributed by atoms with van der Waals surface area (Å²) < 4.78 is 39.7. The fourth-order valence-corrected chi connectivity index (χ4v) is 5.48. The average Bonchev–Trinajstić information content (AvgIpc) is 2.91. The fraction of sp³-hybridized carbons (Fsp3) is 0.250. The first-order valence-corrected chi connectivity index (χ1v) is 11.9. The third-order valence-corrected chi connectivity index (χ3v) is 7.89. The summed E-state index contributed by atoms with van der Waals surface area (Å²) in [4.78, 5) is 2.24. The van der Waals surface area contributed by atoms with Crippen LogP contribution in [0.15, 0.2) is 64.4 Å². The van der Waals surface area contributed by atoms with Crippen molar-refractivity contribution in [3.63, 3.8) is 0 Å². The molecule has 1 aliphatic rings. The Labute approximate surface area is 186 Å². The Morgan fingerprint density at radius 1 is 1.00 bits per heavy atom. The van der Waals surface area contributed by atoms with Crippen LogP contribution in [0.25, 0.3) is 0 Å². The van der Waals surface area contributed by atoms with Crippen LogP contribution in [0.3, 0.4) is 0 Å². The highest BCUT2D eigenvalue weighted by Gasteiger charge is 2.24. The topological polar surface area (TPSA) is 57.6 Å². The van der Waals surface area contributed by atoms with Crippen molar-refractivity contribution >= 4 is 21.4 Å². The van der Waals surface area contributed by atoms with E-state index in [2.05, 4.69) is 4.90 Å². The van der Waals surface area contributed by atoms with Crippen molar-refractivity contribution in [1.29, 1.82) is 0 Å². The number of nitrogens with zero attached hydrogens (tertiary/aromatic N) is 1. The van der Waals surface area contributed by atoms with E-state index in [4.69, 9.17) is 11.6 Å². The van der Waals surface area contributed by atoms with Crippen molar-refractivity contribution in [2.24, 2.45) is 0 Å². The van der Waals surface area contributed by atoms with E-state index in [1.54, 1.807) is 30.3 Å². The van der Waals surface area contributed by atoms with Crippen molar-refractivity contribution in [2.75, 3.05) is 20.1 Å². The Balaban J connectivity index is 1.62. The molecule has 3 aromatic rings. The minimum Gasteiger partial charge on any atom is -0.507 e. The van der Waals surface area contributed by atoms with Crippen LogP contribution in [0.5, 0.6) is 5.75 Å². The van der Waals surface area contributed by atoms with Crippen molar-refractivity contribution in [2.45, 2.75) is 29.1 Å². The summed E-state index contributed by atoms with van der Waals surface area (Å²) >= 11 is 6.09.